The van der Waals surface area contributed by atoms with Crippen LogP contribution in [0.3, 0.4) is 0 Å². The number of carbonyl (C=O) groups is 1. The van der Waals surface area contributed by atoms with Gasteiger partial charge in [-0.25, -0.2) is 0 Å². The minimum atomic E-state index is -0.397. The minimum Gasteiger partial charge on any atom is -0.350 e. The van der Waals surface area contributed by atoms with Gasteiger partial charge >= 0.3 is 0 Å². The summed E-state index contributed by atoms with van der Waals surface area (Å²) < 4.78 is 2.05. The molecule has 0 radical (unpaired) electrons. The zero-order chi connectivity index (χ0) is 11.4. The number of hydrogen-bond acceptors (Lipinski definition) is 2. The van der Waals surface area contributed by atoms with Crippen LogP contribution in [0.25, 0.3) is 0 Å². The molecule has 1 atom stereocenters. The fraction of sp³-hybridized carbons (Fsp3) is 0.545. The molecule has 1 rings (SSSR count). The van der Waals surface area contributed by atoms with Crippen molar-refractivity contribution < 1.29 is 4.79 Å². The summed E-state index contributed by atoms with van der Waals surface area (Å²) in [5, 5.41) is 2.82. The Balaban J connectivity index is 2.51. The van der Waals surface area contributed by atoms with Crippen molar-refractivity contribution in [1.29, 1.82) is 0 Å². The normalized spacial score (nSPS) is 12.5. The number of amides is 1. The average Bonchev–Trinajstić information content (AvgIpc) is 2.55. The first kappa shape index (κ1) is 11.8. The molecular formula is C11H19N3O. The van der Waals surface area contributed by atoms with E-state index in [2.05, 4.69) is 9.88 Å². The van der Waals surface area contributed by atoms with E-state index < -0.39 is 6.04 Å². The lowest BCUT2D eigenvalue weighted by Crippen LogP contribution is -2.39. The highest BCUT2D eigenvalue weighted by atomic mass is 16.2. The van der Waals surface area contributed by atoms with E-state index in [1.165, 1.54) is 5.69 Å². The Kier molecular flexibility index (Phi) is 3.91. The van der Waals surface area contributed by atoms with Gasteiger partial charge in [0.2, 0.25) is 5.91 Å². The molecule has 1 amide bonds. The lowest BCUT2D eigenvalue weighted by molar-refractivity contribution is -0.122. The van der Waals surface area contributed by atoms with Crippen LogP contribution in [0, 0.1) is 6.92 Å². The molecule has 4 heteroatoms. The molecule has 4 nitrogen and oxygen atoms in total. The predicted octanol–water partition coefficient (Wildman–Crippen LogP) is 0.687. The van der Waals surface area contributed by atoms with E-state index in [-0.39, 0.29) is 5.91 Å². The van der Waals surface area contributed by atoms with Crippen LogP contribution in [-0.4, -0.2) is 16.5 Å². The molecule has 3 N–H and O–H groups in total. The topological polar surface area (TPSA) is 60.1 Å². The van der Waals surface area contributed by atoms with Crippen molar-refractivity contribution in [2.75, 3.05) is 0 Å². The Morgan fingerprint density at radius 1 is 1.60 bits per heavy atom. The van der Waals surface area contributed by atoms with E-state index in [1.807, 2.05) is 33.0 Å². The summed E-state index contributed by atoms with van der Waals surface area (Å²) in [4.78, 5) is 11.4. The van der Waals surface area contributed by atoms with E-state index in [4.69, 9.17) is 5.73 Å². The van der Waals surface area contributed by atoms with Crippen LogP contribution in [0.2, 0.25) is 0 Å². The molecule has 0 bridgehead atoms. The van der Waals surface area contributed by atoms with E-state index in [0.29, 0.717) is 13.0 Å². The van der Waals surface area contributed by atoms with Crippen LogP contribution in [0.4, 0.5) is 0 Å². The van der Waals surface area contributed by atoms with Gasteiger partial charge in [0.15, 0.2) is 0 Å². The Bertz CT molecular complexity index is 344. The fourth-order valence-corrected chi connectivity index (χ4v) is 1.34. The largest absolute Gasteiger partial charge is 0.350 e. The van der Waals surface area contributed by atoms with E-state index in [1.54, 1.807) is 0 Å². The number of aromatic nitrogens is 1. The molecular weight excluding hydrogens is 190 g/mol. The van der Waals surface area contributed by atoms with Gasteiger partial charge in [-0.15, -0.1) is 0 Å². The quantitative estimate of drug-likeness (QED) is 0.766. The lowest BCUT2D eigenvalue weighted by atomic mass is 10.2. The molecule has 0 aliphatic heterocycles. The minimum absolute atomic E-state index is 0.0867. The molecule has 0 aromatic carbocycles. The van der Waals surface area contributed by atoms with Gasteiger partial charge in [-0.05, 0) is 25.5 Å². The van der Waals surface area contributed by atoms with Crippen LogP contribution in [0.15, 0.2) is 12.1 Å². The first-order valence-electron chi connectivity index (χ1n) is 5.20. The summed E-state index contributed by atoms with van der Waals surface area (Å²) in [5.74, 6) is -0.0867. The first-order chi connectivity index (χ1) is 7.06. The van der Waals surface area contributed by atoms with Crippen molar-refractivity contribution in [2.24, 2.45) is 12.8 Å². The maximum absolute atomic E-state index is 11.4. The summed E-state index contributed by atoms with van der Waals surface area (Å²) >= 11 is 0. The molecule has 0 aliphatic carbocycles. The summed E-state index contributed by atoms with van der Waals surface area (Å²) in [6.07, 6.45) is 0.665. The average molecular weight is 209 g/mol. The van der Waals surface area contributed by atoms with Crippen LogP contribution in [-0.2, 0) is 18.4 Å². The van der Waals surface area contributed by atoms with Crippen LogP contribution < -0.4 is 11.1 Å². The molecule has 0 aliphatic rings. The van der Waals surface area contributed by atoms with Gasteiger partial charge in [-0.3, -0.25) is 4.79 Å². The van der Waals surface area contributed by atoms with Gasteiger partial charge in [-0.2, -0.15) is 0 Å². The second-order valence-corrected chi connectivity index (χ2v) is 3.76. The van der Waals surface area contributed by atoms with Gasteiger partial charge in [0.25, 0.3) is 0 Å². The van der Waals surface area contributed by atoms with E-state index >= 15 is 0 Å². The molecule has 0 saturated carbocycles. The highest BCUT2D eigenvalue weighted by Crippen LogP contribution is 2.05. The Hall–Kier alpha value is -1.29. The van der Waals surface area contributed by atoms with Crippen molar-refractivity contribution in [3.05, 3.63) is 23.5 Å². The summed E-state index contributed by atoms with van der Waals surface area (Å²) in [5.41, 5.74) is 7.87. The third-order valence-corrected chi connectivity index (χ3v) is 2.70. The number of hydrogen-bond donors (Lipinski definition) is 2. The van der Waals surface area contributed by atoms with Crippen molar-refractivity contribution >= 4 is 5.91 Å². The lowest BCUT2D eigenvalue weighted by Gasteiger charge is -2.10. The van der Waals surface area contributed by atoms with Crippen molar-refractivity contribution in [3.63, 3.8) is 0 Å². The monoisotopic (exact) mass is 209 g/mol. The van der Waals surface area contributed by atoms with E-state index in [0.717, 1.165) is 5.69 Å². The summed E-state index contributed by atoms with van der Waals surface area (Å²) in [6, 6.07) is 3.64. The highest BCUT2D eigenvalue weighted by Gasteiger charge is 2.10. The van der Waals surface area contributed by atoms with Crippen LogP contribution >= 0.6 is 0 Å². The van der Waals surface area contributed by atoms with Crippen LogP contribution in [0.5, 0.6) is 0 Å². The molecule has 15 heavy (non-hydrogen) atoms. The molecule has 1 aromatic heterocycles. The molecule has 1 aromatic rings. The third kappa shape index (κ3) is 2.83. The first-order valence-corrected chi connectivity index (χ1v) is 5.20. The van der Waals surface area contributed by atoms with Crippen molar-refractivity contribution in [3.8, 4) is 0 Å². The maximum Gasteiger partial charge on any atom is 0.237 e. The predicted molar refractivity (Wildman–Crippen MR) is 60.3 cm³/mol. The number of nitrogens with two attached hydrogens (primary N) is 1. The van der Waals surface area contributed by atoms with Gasteiger partial charge in [0, 0.05) is 18.4 Å². The molecule has 0 unspecified atom stereocenters. The van der Waals surface area contributed by atoms with Crippen molar-refractivity contribution in [2.45, 2.75) is 32.9 Å². The second kappa shape index (κ2) is 4.98. The number of nitrogens with one attached hydrogen (secondary N) is 1. The molecule has 0 spiro atoms. The molecule has 0 fully saturated rings. The number of aryl methyl sites for hydroxylation is 1. The number of rotatable bonds is 4. The molecule has 84 valence electrons. The van der Waals surface area contributed by atoms with Gasteiger partial charge in [0.1, 0.15) is 0 Å². The maximum atomic E-state index is 11.4. The van der Waals surface area contributed by atoms with Crippen molar-refractivity contribution in [1.82, 2.24) is 9.88 Å². The second-order valence-electron chi connectivity index (χ2n) is 3.76. The van der Waals surface area contributed by atoms with Gasteiger partial charge in [0.05, 0.1) is 12.6 Å². The van der Waals surface area contributed by atoms with Crippen LogP contribution in [0.1, 0.15) is 24.7 Å². The van der Waals surface area contributed by atoms with Gasteiger partial charge in [-0.1, -0.05) is 6.92 Å². The zero-order valence-corrected chi connectivity index (χ0v) is 9.58. The molecule has 1 heterocycles. The third-order valence-electron chi connectivity index (χ3n) is 2.70. The Labute approximate surface area is 90.5 Å². The number of carbonyl (C=O) groups excluding carboxylic acids is 1. The fourth-order valence-electron chi connectivity index (χ4n) is 1.34. The van der Waals surface area contributed by atoms with Gasteiger partial charge < -0.3 is 15.6 Å². The number of nitrogens with zero attached hydrogens (tertiary/aromatic N) is 1. The SMILES string of the molecule is CC[C@H](N)C(=O)NCc1ccc(C)n1C. The van der Waals surface area contributed by atoms with E-state index in [9.17, 15) is 4.79 Å². The standard InChI is InChI=1S/C11H19N3O/c1-4-10(12)11(15)13-7-9-6-5-8(2)14(9)3/h5-6,10H,4,7,12H2,1-3H3,(H,13,15)/t10-/m0/s1. The zero-order valence-electron chi connectivity index (χ0n) is 9.58. The Morgan fingerprint density at radius 2 is 2.27 bits per heavy atom. The summed E-state index contributed by atoms with van der Waals surface area (Å²) in [6.45, 7) is 4.47. The molecule has 0 saturated heterocycles. The Morgan fingerprint density at radius 3 is 2.73 bits per heavy atom. The highest BCUT2D eigenvalue weighted by molar-refractivity contribution is 5.81. The smallest absolute Gasteiger partial charge is 0.237 e. The summed E-state index contributed by atoms with van der Waals surface area (Å²) in [7, 11) is 1.98.